The van der Waals surface area contributed by atoms with Gasteiger partial charge in [-0.05, 0) is 83.9 Å². The number of nitrogens with zero attached hydrogens (tertiary/aromatic N) is 3. The van der Waals surface area contributed by atoms with Gasteiger partial charge in [-0.1, -0.05) is 91.0 Å². The molecule has 0 amide bonds. The summed E-state index contributed by atoms with van der Waals surface area (Å²) in [7, 11) is 0. The van der Waals surface area contributed by atoms with Crippen molar-refractivity contribution in [3.63, 3.8) is 0 Å². The molecule has 0 unspecified atom stereocenters. The predicted molar refractivity (Wildman–Crippen MR) is 220 cm³/mol. The van der Waals surface area contributed by atoms with Crippen LogP contribution in [0.1, 0.15) is 5.56 Å². The highest BCUT2D eigenvalue weighted by Gasteiger charge is 2.21. The van der Waals surface area contributed by atoms with Crippen molar-refractivity contribution in [2.45, 2.75) is 0 Å². The van der Waals surface area contributed by atoms with Crippen molar-refractivity contribution < 1.29 is 8.83 Å². The Labute approximate surface area is 307 Å². The van der Waals surface area contributed by atoms with Gasteiger partial charge in [0.15, 0.2) is 0 Å². The first-order valence-electron chi connectivity index (χ1n) is 18.1. The third-order valence-corrected chi connectivity index (χ3v) is 11.2. The largest absolute Gasteiger partial charge is 0.455 e. The minimum absolute atomic E-state index is 0.598. The fraction of sp³-hybridized carbons (Fsp3) is 0. The number of hydrogen-bond acceptors (Lipinski definition) is 3. The van der Waals surface area contributed by atoms with Gasteiger partial charge >= 0.3 is 0 Å². The molecule has 0 N–H and O–H groups in total. The van der Waals surface area contributed by atoms with Gasteiger partial charge in [0.05, 0.1) is 44.1 Å². The molecule has 4 heterocycles. The summed E-state index contributed by atoms with van der Waals surface area (Å²) in [6.07, 6.45) is 0. The SMILES string of the molecule is N#Cc1cc(-c2ccc(-n3c4ccccc4c4c5oc6ccccc6c5ccc43)cc2)ccc1-n1c2ccccc2c2c3oc4ccccc4c3ccc21. The third-order valence-electron chi connectivity index (χ3n) is 11.2. The Bertz CT molecular complexity index is 3570. The first kappa shape index (κ1) is 29.1. The molecule has 0 spiro atoms. The smallest absolute Gasteiger partial charge is 0.145 e. The summed E-state index contributed by atoms with van der Waals surface area (Å²) < 4.78 is 17.5. The molecular formula is C49H27N3O2. The van der Waals surface area contributed by atoms with Crippen LogP contribution in [0.2, 0.25) is 0 Å². The first-order valence-corrected chi connectivity index (χ1v) is 18.1. The highest BCUT2D eigenvalue weighted by molar-refractivity contribution is 6.25. The van der Waals surface area contributed by atoms with Crippen molar-refractivity contribution in [1.29, 1.82) is 5.26 Å². The van der Waals surface area contributed by atoms with Crippen molar-refractivity contribution in [2.24, 2.45) is 0 Å². The molecule has 5 nitrogen and oxygen atoms in total. The quantitative estimate of drug-likeness (QED) is 0.185. The van der Waals surface area contributed by atoms with Crippen molar-refractivity contribution >= 4 is 87.5 Å². The van der Waals surface area contributed by atoms with Crippen LogP contribution in [0.3, 0.4) is 0 Å². The van der Waals surface area contributed by atoms with Gasteiger partial charge in [0.25, 0.3) is 0 Å². The van der Waals surface area contributed by atoms with E-state index in [0.29, 0.717) is 5.56 Å². The second-order valence-electron chi connectivity index (χ2n) is 14.0. The molecule has 4 aromatic heterocycles. The zero-order valence-corrected chi connectivity index (χ0v) is 28.7. The molecule has 12 rings (SSSR count). The van der Waals surface area contributed by atoms with Crippen LogP contribution >= 0.6 is 0 Å². The maximum atomic E-state index is 10.6. The molecule has 0 fully saturated rings. The van der Waals surface area contributed by atoms with Gasteiger partial charge in [-0.3, -0.25) is 0 Å². The summed E-state index contributed by atoms with van der Waals surface area (Å²) in [5.41, 5.74) is 12.3. The average Bonchev–Trinajstić information content (AvgIpc) is 3.98. The molecule has 12 aromatic rings. The average molecular weight is 690 g/mol. The minimum atomic E-state index is 0.598. The van der Waals surface area contributed by atoms with Crippen LogP contribution in [0.5, 0.6) is 0 Å². The van der Waals surface area contributed by atoms with E-state index in [1.165, 1.54) is 0 Å². The Hall–Kier alpha value is -7.55. The number of nitriles is 1. The van der Waals surface area contributed by atoms with E-state index in [2.05, 4.69) is 137 Å². The Morgan fingerprint density at radius 2 is 0.907 bits per heavy atom. The molecule has 0 saturated heterocycles. The van der Waals surface area contributed by atoms with Crippen molar-refractivity contribution in [3.8, 4) is 28.6 Å². The van der Waals surface area contributed by atoms with Gasteiger partial charge in [-0.15, -0.1) is 0 Å². The number of benzene rings is 8. The van der Waals surface area contributed by atoms with E-state index in [-0.39, 0.29) is 0 Å². The lowest BCUT2D eigenvalue weighted by Gasteiger charge is -2.13. The van der Waals surface area contributed by atoms with E-state index in [1.807, 2.05) is 42.5 Å². The lowest BCUT2D eigenvalue weighted by atomic mass is 10.0. The first-order chi connectivity index (χ1) is 26.7. The van der Waals surface area contributed by atoms with E-state index in [9.17, 15) is 5.26 Å². The van der Waals surface area contributed by atoms with Crippen LogP contribution in [-0.2, 0) is 0 Å². The second kappa shape index (κ2) is 10.7. The highest BCUT2D eigenvalue weighted by atomic mass is 16.3. The molecule has 0 saturated carbocycles. The Balaban J connectivity index is 0.991. The van der Waals surface area contributed by atoms with Crippen LogP contribution in [0.15, 0.2) is 173 Å². The van der Waals surface area contributed by atoms with E-state index < -0.39 is 0 Å². The number of para-hydroxylation sites is 4. The molecule has 8 aromatic carbocycles. The Kier molecular flexibility index (Phi) is 5.78. The summed E-state index contributed by atoms with van der Waals surface area (Å²) in [4.78, 5) is 0. The fourth-order valence-corrected chi connectivity index (χ4v) is 8.81. The molecule has 0 radical (unpaired) electrons. The van der Waals surface area contributed by atoms with Crippen LogP contribution in [0.25, 0.3) is 110 Å². The van der Waals surface area contributed by atoms with Crippen LogP contribution in [0, 0.1) is 11.3 Å². The second-order valence-corrected chi connectivity index (χ2v) is 14.0. The van der Waals surface area contributed by atoms with Gasteiger partial charge in [0.2, 0.25) is 0 Å². The fourth-order valence-electron chi connectivity index (χ4n) is 8.81. The normalized spacial score (nSPS) is 12.1. The number of aromatic nitrogens is 2. The van der Waals surface area contributed by atoms with Crippen molar-refractivity contribution in [2.75, 3.05) is 0 Å². The standard InChI is InChI=1S/C49H27N3O2/c50-28-31-27-30(19-24-39(31)52-41-14-6-2-12-38(41)47-43(52)26-23-36-34-10-4-8-16-45(34)54-49(36)47)29-17-20-32(21-18-29)51-40-13-5-1-11-37(40)46-42(51)25-22-35-33-9-3-7-15-44(33)53-48(35)46/h1-27H. The van der Waals surface area contributed by atoms with Gasteiger partial charge in [0, 0.05) is 38.0 Å². The molecule has 250 valence electrons. The van der Waals surface area contributed by atoms with E-state index in [0.717, 1.165) is 110 Å². The lowest BCUT2D eigenvalue weighted by molar-refractivity contribution is 0.672. The molecule has 0 atom stereocenters. The molecule has 0 aliphatic carbocycles. The highest BCUT2D eigenvalue weighted by Crippen LogP contribution is 2.43. The Morgan fingerprint density at radius 1 is 0.407 bits per heavy atom. The molecule has 54 heavy (non-hydrogen) atoms. The number of fused-ring (bicyclic) bond motifs is 14. The predicted octanol–water partition coefficient (Wildman–Crippen LogP) is 13.2. The Morgan fingerprint density at radius 3 is 1.50 bits per heavy atom. The van der Waals surface area contributed by atoms with Gasteiger partial charge in [0.1, 0.15) is 28.4 Å². The van der Waals surface area contributed by atoms with Gasteiger partial charge in [-0.2, -0.15) is 5.26 Å². The van der Waals surface area contributed by atoms with E-state index in [4.69, 9.17) is 8.83 Å². The molecule has 0 bridgehead atoms. The maximum Gasteiger partial charge on any atom is 0.145 e. The van der Waals surface area contributed by atoms with Crippen LogP contribution in [0.4, 0.5) is 0 Å². The summed E-state index contributed by atoms with van der Waals surface area (Å²) in [6, 6.07) is 59.3. The third kappa shape index (κ3) is 3.86. The summed E-state index contributed by atoms with van der Waals surface area (Å²) in [6.45, 7) is 0. The number of rotatable bonds is 3. The lowest BCUT2D eigenvalue weighted by Crippen LogP contribution is -1.98. The van der Waals surface area contributed by atoms with Crippen LogP contribution < -0.4 is 0 Å². The van der Waals surface area contributed by atoms with E-state index >= 15 is 0 Å². The topological polar surface area (TPSA) is 59.9 Å². The molecular weight excluding hydrogens is 663 g/mol. The maximum absolute atomic E-state index is 10.6. The summed E-state index contributed by atoms with van der Waals surface area (Å²) >= 11 is 0. The summed E-state index contributed by atoms with van der Waals surface area (Å²) in [5.74, 6) is 0. The van der Waals surface area contributed by atoms with Crippen molar-refractivity contribution in [1.82, 2.24) is 9.13 Å². The number of furan rings is 2. The summed E-state index contributed by atoms with van der Waals surface area (Å²) in [5, 5.41) is 19.4. The molecule has 5 heteroatoms. The minimum Gasteiger partial charge on any atom is -0.455 e. The van der Waals surface area contributed by atoms with E-state index in [1.54, 1.807) is 0 Å². The van der Waals surface area contributed by atoms with Crippen LogP contribution in [-0.4, -0.2) is 9.13 Å². The zero-order valence-electron chi connectivity index (χ0n) is 28.7. The molecule has 0 aliphatic rings. The zero-order chi connectivity index (χ0) is 35.5. The van der Waals surface area contributed by atoms with Gasteiger partial charge in [-0.25, -0.2) is 0 Å². The van der Waals surface area contributed by atoms with Gasteiger partial charge < -0.3 is 18.0 Å². The molecule has 0 aliphatic heterocycles. The van der Waals surface area contributed by atoms with Crippen molar-refractivity contribution in [3.05, 3.63) is 169 Å². The number of hydrogen-bond donors (Lipinski definition) is 0. The monoisotopic (exact) mass is 689 g/mol.